The van der Waals surface area contributed by atoms with Gasteiger partial charge in [0.05, 0.1) is 12.1 Å². The van der Waals surface area contributed by atoms with E-state index in [1.54, 1.807) is 0 Å². The Hall–Kier alpha value is -0.500. The highest BCUT2D eigenvalue weighted by atomic mass is 16.5. The first kappa shape index (κ1) is 12.6. The summed E-state index contributed by atoms with van der Waals surface area (Å²) in [4.78, 5) is 2.51. The summed E-state index contributed by atoms with van der Waals surface area (Å²) in [5.41, 5.74) is 0. The molecule has 0 aliphatic carbocycles. The molecule has 88 valence electrons. The molecule has 0 aromatic rings. The van der Waals surface area contributed by atoms with Gasteiger partial charge in [-0.15, -0.1) is 0 Å². The maximum atomic E-state index is 5.73. The molecule has 0 spiro atoms. The van der Waals surface area contributed by atoms with E-state index in [0.29, 0.717) is 12.1 Å². The SMILES string of the molecule is C=C(OC(C)C)[C@H]1CCCCN1C(C)C. The van der Waals surface area contributed by atoms with Crippen LogP contribution >= 0.6 is 0 Å². The molecular formula is C13H25NO. The van der Waals surface area contributed by atoms with Gasteiger partial charge in [-0.3, -0.25) is 4.90 Å². The van der Waals surface area contributed by atoms with Crippen molar-refractivity contribution in [3.8, 4) is 0 Å². The fourth-order valence-electron chi connectivity index (χ4n) is 2.30. The first-order valence-electron chi connectivity index (χ1n) is 6.13. The van der Waals surface area contributed by atoms with E-state index in [0.717, 1.165) is 5.76 Å². The molecule has 1 aliphatic heterocycles. The van der Waals surface area contributed by atoms with Crippen LogP contribution in [0.5, 0.6) is 0 Å². The number of hydrogen-bond acceptors (Lipinski definition) is 2. The maximum Gasteiger partial charge on any atom is 0.106 e. The lowest BCUT2D eigenvalue weighted by molar-refractivity contribution is 0.0551. The lowest BCUT2D eigenvalue weighted by Gasteiger charge is -2.39. The average molecular weight is 211 g/mol. The van der Waals surface area contributed by atoms with Crippen molar-refractivity contribution in [3.63, 3.8) is 0 Å². The lowest BCUT2D eigenvalue weighted by atomic mass is 9.99. The van der Waals surface area contributed by atoms with Crippen LogP contribution in [0.1, 0.15) is 47.0 Å². The third kappa shape index (κ3) is 3.53. The molecule has 1 saturated heterocycles. The molecule has 0 N–H and O–H groups in total. The van der Waals surface area contributed by atoms with Crippen LogP contribution in [0.3, 0.4) is 0 Å². The minimum absolute atomic E-state index is 0.244. The van der Waals surface area contributed by atoms with E-state index >= 15 is 0 Å². The molecule has 1 fully saturated rings. The van der Waals surface area contributed by atoms with Gasteiger partial charge in [-0.2, -0.15) is 0 Å². The van der Waals surface area contributed by atoms with Gasteiger partial charge in [0, 0.05) is 6.04 Å². The Bertz CT molecular complexity index is 211. The van der Waals surface area contributed by atoms with E-state index in [4.69, 9.17) is 4.74 Å². The predicted molar refractivity (Wildman–Crippen MR) is 64.8 cm³/mol. The van der Waals surface area contributed by atoms with Crippen LogP contribution in [0.2, 0.25) is 0 Å². The number of piperidine rings is 1. The fraction of sp³-hybridized carbons (Fsp3) is 0.846. The summed E-state index contributed by atoms with van der Waals surface area (Å²) in [6, 6.07) is 1.02. The number of likely N-dealkylation sites (tertiary alicyclic amines) is 1. The van der Waals surface area contributed by atoms with Crippen molar-refractivity contribution < 1.29 is 4.74 Å². The Morgan fingerprint density at radius 1 is 1.27 bits per heavy atom. The zero-order chi connectivity index (χ0) is 11.4. The molecule has 0 aromatic carbocycles. The molecule has 1 atom stereocenters. The Labute approximate surface area is 94.3 Å². The second kappa shape index (κ2) is 5.55. The van der Waals surface area contributed by atoms with Crippen LogP contribution in [0.25, 0.3) is 0 Å². The monoisotopic (exact) mass is 211 g/mol. The van der Waals surface area contributed by atoms with Crippen LogP contribution in [-0.2, 0) is 4.74 Å². The summed E-state index contributed by atoms with van der Waals surface area (Å²) >= 11 is 0. The quantitative estimate of drug-likeness (QED) is 0.662. The molecule has 1 rings (SSSR count). The second-order valence-corrected chi connectivity index (χ2v) is 4.98. The van der Waals surface area contributed by atoms with E-state index in [1.165, 1.54) is 25.8 Å². The Morgan fingerprint density at radius 2 is 1.93 bits per heavy atom. The largest absolute Gasteiger partial charge is 0.494 e. The first-order valence-corrected chi connectivity index (χ1v) is 6.13. The minimum Gasteiger partial charge on any atom is -0.494 e. The highest BCUT2D eigenvalue weighted by molar-refractivity contribution is 5.01. The van der Waals surface area contributed by atoms with E-state index in [1.807, 2.05) is 0 Å². The molecule has 1 heterocycles. The molecule has 0 unspecified atom stereocenters. The number of hydrogen-bond donors (Lipinski definition) is 0. The second-order valence-electron chi connectivity index (χ2n) is 4.98. The minimum atomic E-state index is 0.244. The summed E-state index contributed by atoms with van der Waals surface area (Å²) < 4.78 is 5.73. The Balaban J connectivity index is 2.59. The topological polar surface area (TPSA) is 12.5 Å². The molecule has 0 aromatic heterocycles. The Kier molecular flexibility index (Phi) is 4.65. The van der Waals surface area contributed by atoms with Crippen LogP contribution in [0.15, 0.2) is 12.3 Å². The molecule has 15 heavy (non-hydrogen) atoms. The third-order valence-corrected chi connectivity index (χ3v) is 2.97. The fourth-order valence-corrected chi connectivity index (χ4v) is 2.30. The van der Waals surface area contributed by atoms with Crippen molar-refractivity contribution in [2.75, 3.05) is 6.54 Å². The molecule has 0 saturated carbocycles. The standard InChI is InChI=1S/C13H25NO/c1-10(2)14-9-7-6-8-13(14)12(5)15-11(3)4/h10-11,13H,5-9H2,1-4H3/t13-/m1/s1. The van der Waals surface area contributed by atoms with Crippen molar-refractivity contribution in [1.82, 2.24) is 4.90 Å². The summed E-state index contributed by atoms with van der Waals surface area (Å²) in [5.74, 6) is 0.957. The number of rotatable bonds is 4. The molecule has 1 aliphatic rings. The highest BCUT2D eigenvalue weighted by Crippen LogP contribution is 2.25. The molecular weight excluding hydrogens is 186 g/mol. The van der Waals surface area contributed by atoms with E-state index in [2.05, 4.69) is 39.2 Å². The van der Waals surface area contributed by atoms with E-state index < -0.39 is 0 Å². The van der Waals surface area contributed by atoms with Gasteiger partial charge < -0.3 is 4.74 Å². The zero-order valence-electron chi connectivity index (χ0n) is 10.6. The van der Waals surface area contributed by atoms with Gasteiger partial charge in [-0.1, -0.05) is 13.0 Å². The van der Waals surface area contributed by atoms with Gasteiger partial charge in [0.1, 0.15) is 5.76 Å². The summed E-state index contributed by atoms with van der Waals surface area (Å²) in [6.45, 7) is 13.9. The molecule has 0 amide bonds. The summed E-state index contributed by atoms with van der Waals surface area (Å²) in [6.07, 6.45) is 4.05. The average Bonchev–Trinajstić information content (AvgIpc) is 2.16. The van der Waals surface area contributed by atoms with Gasteiger partial charge in [0.2, 0.25) is 0 Å². The Morgan fingerprint density at radius 3 is 2.47 bits per heavy atom. The van der Waals surface area contributed by atoms with Gasteiger partial charge >= 0.3 is 0 Å². The normalized spacial score (nSPS) is 23.5. The van der Waals surface area contributed by atoms with E-state index in [9.17, 15) is 0 Å². The smallest absolute Gasteiger partial charge is 0.106 e. The molecule has 2 heteroatoms. The van der Waals surface area contributed by atoms with Crippen molar-refractivity contribution >= 4 is 0 Å². The summed E-state index contributed by atoms with van der Waals surface area (Å²) in [7, 11) is 0. The van der Waals surface area contributed by atoms with Crippen molar-refractivity contribution in [3.05, 3.63) is 12.3 Å². The van der Waals surface area contributed by atoms with Crippen molar-refractivity contribution in [2.45, 2.75) is 65.1 Å². The molecule has 0 radical (unpaired) electrons. The van der Waals surface area contributed by atoms with Gasteiger partial charge in [0.15, 0.2) is 0 Å². The van der Waals surface area contributed by atoms with Crippen LogP contribution in [0.4, 0.5) is 0 Å². The van der Waals surface area contributed by atoms with Gasteiger partial charge in [-0.05, 0) is 47.1 Å². The van der Waals surface area contributed by atoms with Crippen LogP contribution in [0, 0.1) is 0 Å². The highest BCUT2D eigenvalue weighted by Gasteiger charge is 2.27. The number of nitrogens with zero attached hydrogens (tertiary/aromatic N) is 1. The maximum absolute atomic E-state index is 5.73. The van der Waals surface area contributed by atoms with Gasteiger partial charge in [0.25, 0.3) is 0 Å². The van der Waals surface area contributed by atoms with Gasteiger partial charge in [-0.25, -0.2) is 0 Å². The zero-order valence-corrected chi connectivity index (χ0v) is 10.6. The summed E-state index contributed by atoms with van der Waals surface area (Å²) in [5, 5.41) is 0. The number of ether oxygens (including phenoxy) is 1. The van der Waals surface area contributed by atoms with Crippen molar-refractivity contribution in [2.24, 2.45) is 0 Å². The third-order valence-electron chi connectivity index (χ3n) is 2.97. The van der Waals surface area contributed by atoms with E-state index in [-0.39, 0.29) is 6.10 Å². The van der Waals surface area contributed by atoms with Crippen LogP contribution in [-0.4, -0.2) is 29.6 Å². The van der Waals surface area contributed by atoms with Crippen molar-refractivity contribution in [1.29, 1.82) is 0 Å². The first-order chi connectivity index (χ1) is 7.02. The predicted octanol–water partition coefficient (Wildman–Crippen LogP) is 3.19. The molecule has 2 nitrogen and oxygen atoms in total. The molecule has 0 bridgehead atoms. The van der Waals surface area contributed by atoms with Crippen LogP contribution < -0.4 is 0 Å². The lowest BCUT2D eigenvalue weighted by Crippen LogP contribution is -2.45.